The average molecular weight is 340 g/mol. The number of carbonyl (C=O) groups is 1. The highest BCUT2D eigenvalue weighted by Crippen LogP contribution is 2.32. The zero-order valence-corrected chi connectivity index (χ0v) is 15.2. The van der Waals surface area contributed by atoms with Crippen LogP contribution >= 0.6 is 0 Å². The number of anilines is 1. The van der Waals surface area contributed by atoms with Gasteiger partial charge in [0, 0.05) is 23.1 Å². The van der Waals surface area contributed by atoms with E-state index in [1.165, 1.54) is 32.1 Å². The molecule has 0 aliphatic heterocycles. The van der Waals surface area contributed by atoms with Gasteiger partial charge in [-0.05, 0) is 56.2 Å². The lowest BCUT2D eigenvalue weighted by molar-refractivity contribution is -0.121. The lowest BCUT2D eigenvalue weighted by Gasteiger charge is -2.27. The quantitative estimate of drug-likeness (QED) is 0.823. The number of hydrogen-bond acceptors (Lipinski definition) is 2. The molecule has 1 aliphatic carbocycles. The monoisotopic (exact) mass is 340 g/mol. The van der Waals surface area contributed by atoms with E-state index < -0.39 is 0 Å². The number of aryl methyl sites for hydroxylation is 1. The number of hydrogen-bond donors (Lipinski definition) is 2. The van der Waals surface area contributed by atoms with Crippen molar-refractivity contribution in [3.8, 4) is 0 Å². The van der Waals surface area contributed by atoms with E-state index in [2.05, 4.69) is 17.2 Å². The van der Waals surface area contributed by atoms with Crippen molar-refractivity contribution in [3.63, 3.8) is 0 Å². The molecule has 2 N–H and O–H groups in total. The Morgan fingerprint density at radius 2 is 1.96 bits per heavy atom. The number of benzene rings is 1. The van der Waals surface area contributed by atoms with Gasteiger partial charge in [0.15, 0.2) is 0 Å². The lowest BCUT2D eigenvalue weighted by Crippen LogP contribution is -2.27. The normalized spacial score (nSPS) is 20.6. The third kappa shape index (κ3) is 4.30. The Kier molecular flexibility index (Phi) is 5.57. The van der Waals surface area contributed by atoms with Crippen LogP contribution in [0.5, 0.6) is 0 Å². The molecule has 1 heterocycles. The third-order valence-electron chi connectivity index (χ3n) is 5.50. The van der Waals surface area contributed by atoms with Crippen LogP contribution in [0, 0.1) is 18.8 Å². The highest BCUT2D eigenvalue weighted by Gasteiger charge is 2.26. The number of aromatic nitrogens is 1. The molecule has 1 fully saturated rings. The second kappa shape index (κ2) is 7.85. The molecule has 2 aromatic rings. The number of rotatable bonds is 5. The molecule has 0 atom stereocenters. The number of unbranched alkanes of at least 4 members (excludes halogenated alkanes) is 1. The van der Waals surface area contributed by atoms with Gasteiger partial charge in [-0.25, -0.2) is 0 Å². The molecule has 4 nitrogen and oxygen atoms in total. The largest absolute Gasteiger partial charge is 0.326 e. The van der Waals surface area contributed by atoms with Crippen molar-refractivity contribution in [1.29, 1.82) is 0 Å². The Labute approximate surface area is 149 Å². The van der Waals surface area contributed by atoms with E-state index in [0.717, 1.165) is 40.9 Å². The van der Waals surface area contributed by atoms with Crippen molar-refractivity contribution in [1.82, 2.24) is 4.98 Å². The smallest absolute Gasteiger partial charge is 0.248 e. The molecular weight excluding hydrogens is 312 g/mol. The molecule has 0 unspecified atom stereocenters. The number of nitrogens with one attached hydrogen (secondary N) is 2. The molecule has 1 aliphatic rings. The zero-order valence-electron chi connectivity index (χ0n) is 15.2. The SMILES string of the molecule is CCCCC1CCC(C(=O)Nc2ccc3c(C)cc(=O)[nH]c3c2)CC1. The van der Waals surface area contributed by atoms with Crippen LogP contribution in [-0.4, -0.2) is 10.9 Å². The molecule has 0 spiro atoms. The van der Waals surface area contributed by atoms with Gasteiger partial charge in [0.05, 0.1) is 5.52 Å². The topological polar surface area (TPSA) is 62.0 Å². The van der Waals surface area contributed by atoms with Crippen molar-refractivity contribution >= 4 is 22.5 Å². The van der Waals surface area contributed by atoms with Gasteiger partial charge in [-0.2, -0.15) is 0 Å². The van der Waals surface area contributed by atoms with E-state index in [-0.39, 0.29) is 17.4 Å². The van der Waals surface area contributed by atoms with E-state index >= 15 is 0 Å². The van der Waals surface area contributed by atoms with Crippen LogP contribution in [0.15, 0.2) is 29.1 Å². The van der Waals surface area contributed by atoms with Crippen LogP contribution in [0.25, 0.3) is 10.9 Å². The van der Waals surface area contributed by atoms with Gasteiger partial charge in [-0.15, -0.1) is 0 Å². The molecule has 4 heteroatoms. The summed E-state index contributed by atoms with van der Waals surface area (Å²) in [5.41, 5.74) is 2.36. The highest BCUT2D eigenvalue weighted by atomic mass is 16.2. The Hall–Kier alpha value is -2.10. The van der Waals surface area contributed by atoms with Gasteiger partial charge in [-0.1, -0.05) is 32.3 Å². The summed E-state index contributed by atoms with van der Waals surface area (Å²) in [6.07, 6.45) is 8.18. The van der Waals surface area contributed by atoms with Gasteiger partial charge in [-0.3, -0.25) is 9.59 Å². The van der Waals surface area contributed by atoms with Crippen LogP contribution < -0.4 is 10.9 Å². The maximum absolute atomic E-state index is 12.6. The van der Waals surface area contributed by atoms with Crippen molar-refractivity contribution in [3.05, 3.63) is 40.2 Å². The molecule has 0 radical (unpaired) electrons. The molecule has 25 heavy (non-hydrogen) atoms. The van der Waals surface area contributed by atoms with Crippen LogP contribution in [0.4, 0.5) is 5.69 Å². The Morgan fingerprint density at radius 3 is 2.68 bits per heavy atom. The second-order valence-corrected chi connectivity index (χ2v) is 7.43. The van der Waals surface area contributed by atoms with Crippen molar-refractivity contribution < 1.29 is 4.79 Å². The Bertz CT molecular complexity index is 801. The molecule has 1 amide bonds. The van der Waals surface area contributed by atoms with Crippen molar-refractivity contribution in [2.45, 2.75) is 58.8 Å². The van der Waals surface area contributed by atoms with Crippen molar-refractivity contribution in [2.75, 3.05) is 5.32 Å². The number of amides is 1. The number of fused-ring (bicyclic) bond motifs is 1. The van der Waals surface area contributed by atoms with Gasteiger partial charge >= 0.3 is 0 Å². The molecule has 1 aromatic heterocycles. The van der Waals surface area contributed by atoms with Gasteiger partial charge < -0.3 is 10.3 Å². The summed E-state index contributed by atoms with van der Waals surface area (Å²) < 4.78 is 0. The van der Waals surface area contributed by atoms with E-state index in [1.54, 1.807) is 6.07 Å². The third-order valence-corrected chi connectivity index (χ3v) is 5.50. The second-order valence-electron chi connectivity index (χ2n) is 7.43. The Morgan fingerprint density at radius 1 is 1.20 bits per heavy atom. The summed E-state index contributed by atoms with van der Waals surface area (Å²) in [7, 11) is 0. The fourth-order valence-electron chi connectivity index (χ4n) is 3.96. The maximum atomic E-state index is 12.6. The number of aromatic amines is 1. The minimum atomic E-state index is -0.112. The molecule has 1 aromatic carbocycles. The van der Waals surface area contributed by atoms with Crippen LogP contribution in [0.2, 0.25) is 0 Å². The molecular formula is C21H28N2O2. The first-order chi connectivity index (χ1) is 12.1. The minimum absolute atomic E-state index is 0.112. The summed E-state index contributed by atoms with van der Waals surface area (Å²) in [6, 6.07) is 7.32. The van der Waals surface area contributed by atoms with Crippen LogP contribution in [0.1, 0.15) is 57.4 Å². The van der Waals surface area contributed by atoms with Gasteiger partial charge in [0.25, 0.3) is 0 Å². The molecule has 0 saturated heterocycles. The van der Waals surface area contributed by atoms with Crippen LogP contribution in [0.3, 0.4) is 0 Å². The maximum Gasteiger partial charge on any atom is 0.248 e. The fourth-order valence-corrected chi connectivity index (χ4v) is 3.96. The lowest BCUT2D eigenvalue weighted by atomic mass is 9.79. The van der Waals surface area contributed by atoms with Crippen LogP contribution in [-0.2, 0) is 4.79 Å². The molecule has 1 saturated carbocycles. The van der Waals surface area contributed by atoms with E-state index in [0.29, 0.717) is 0 Å². The van der Waals surface area contributed by atoms with Gasteiger partial charge in [0.1, 0.15) is 0 Å². The number of carbonyl (C=O) groups excluding carboxylic acids is 1. The summed E-state index contributed by atoms with van der Waals surface area (Å²) in [5.74, 6) is 1.03. The summed E-state index contributed by atoms with van der Waals surface area (Å²) >= 11 is 0. The number of H-pyrrole nitrogens is 1. The summed E-state index contributed by atoms with van der Waals surface area (Å²) in [4.78, 5) is 27.1. The predicted octanol–water partition coefficient (Wildman–Crippen LogP) is 4.77. The number of pyridine rings is 1. The minimum Gasteiger partial charge on any atom is -0.326 e. The summed E-state index contributed by atoms with van der Waals surface area (Å²) in [6.45, 7) is 4.16. The standard InChI is InChI=1S/C21H28N2O2/c1-3-4-5-15-6-8-16(9-7-15)21(25)22-17-10-11-18-14(2)12-20(24)23-19(18)13-17/h10-13,15-16H,3-9H2,1-2H3,(H,22,25)(H,23,24). The molecule has 3 rings (SSSR count). The highest BCUT2D eigenvalue weighted by molar-refractivity contribution is 5.95. The average Bonchev–Trinajstić information content (AvgIpc) is 2.60. The Balaban J connectivity index is 1.63. The fraction of sp³-hybridized carbons (Fsp3) is 0.524. The first-order valence-electron chi connectivity index (χ1n) is 9.51. The molecule has 134 valence electrons. The van der Waals surface area contributed by atoms with E-state index in [1.807, 2.05) is 25.1 Å². The first kappa shape index (κ1) is 17.7. The predicted molar refractivity (Wildman–Crippen MR) is 103 cm³/mol. The van der Waals surface area contributed by atoms with E-state index in [9.17, 15) is 9.59 Å². The summed E-state index contributed by atoms with van der Waals surface area (Å²) in [5, 5.41) is 4.05. The van der Waals surface area contributed by atoms with E-state index in [4.69, 9.17) is 0 Å². The molecule has 0 bridgehead atoms. The zero-order chi connectivity index (χ0) is 17.8. The first-order valence-corrected chi connectivity index (χ1v) is 9.51. The van der Waals surface area contributed by atoms with Gasteiger partial charge in [0.2, 0.25) is 11.5 Å². The van der Waals surface area contributed by atoms with Crippen molar-refractivity contribution in [2.24, 2.45) is 11.8 Å².